The van der Waals surface area contributed by atoms with Gasteiger partial charge in [-0.1, -0.05) is 24.3 Å². The third-order valence-electron chi connectivity index (χ3n) is 4.47. The third kappa shape index (κ3) is 5.94. The maximum absolute atomic E-state index is 13.1. The molecule has 0 saturated carbocycles. The monoisotopic (exact) mass is 416 g/mol. The van der Waals surface area contributed by atoms with Crippen LogP contribution in [-0.2, 0) is 11.4 Å². The molecule has 0 aliphatic heterocycles. The first-order valence-corrected chi connectivity index (χ1v) is 9.53. The number of hydrogen-bond acceptors (Lipinski definition) is 4. The lowest BCUT2D eigenvalue weighted by Crippen LogP contribution is -2.13. The summed E-state index contributed by atoms with van der Waals surface area (Å²) in [5, 5.41) is 12.3. The van der Waals surface area contributed by atoms with Crippen LogP contribution in [0, 0.1) is 24.1 Å². The van der Waals surface area contributed by atoms with Gasteiger partial charge in [0.15, 0.2) is 0 Å². The molecule has 156 valence electrons. The zero-order valence-electron chi connectivity index (χ0n) is 17.2. The standard InChI is InChI=1S/C25H21FN2O3/c1-17-4-3-5-22(12-17)28-25(29)20(15-27)13-19-8-11-23(30-2)14-24(19)31-16-18-6-9-21(26)10-7-18/h3-14H,16H2,1-2H3,(H,28,29)/b20-13+. The normalized spacial score (nSPS) is 10.8. The lowest BCUT2D eigenvalue weighted by molar-refractivity contribution is -0.112. The molecule has 6 heteroatoms. The number of ether oxygens (including phenoxy) is 2. The van der Waals surface area contributed by atoms with E-state index in [0.717, 1.165) is 11.1 Å². The van der Waals surface area contributed by atoms with Crippen molar-refractivity contribution >= 4 is 17.7 Å². The van der Waals surface area contributed by atoms with E-state index in [2.05, 4.69) is 5.32 Å². The average Bonchev–Trinajstić information content (AvgIpc) is 2.77. The number of halogens is 1. The van der Waals surface area contributed by atoms with Crippen molar-refractivity contribution in [3.05, 3.63) is 94.8 Å². The number of anilines is 1. The van der Waals surface area contributed by atoms with Crippen LogP contribution in [-0.4, -0.2) is 13.0 Å². The molecule has 0 aliphatic rings. The summed E-state index contributed by atoms with van der Waals surface area (Å²) < 4.78 is 24.2. The zero-order chi connectivity index (χ0) is 22.2. The Kier molecular flexibility index (Phi) is 7.02. The van der Waals surface area contributed by atoms with Crippen molar-refractivity contribution in [1.29, 1.82) is 5.26 Å². The second-order valence-corrected chi connectivity index (χ2v) is 6.81. The van der Waals surface area contributed by atoms with Gasteiger partial charge in [0, 0.05) is 17.3 Å². The van der Waals surface area contributed by atoms with Gasteiger partial charge in [-0.05, 0) is 60.5 Å². The van der Waals surface area contributed by atoms with Gasteiger partial charge in [-0.15, -0.1) is 0 Å². The summed E-state index contributed by atoms with van der Waals surface area (Å²) in [5.74, 6) is 0.147. The van der Waals surface area contributed by atoms with E-state index in [1.807, 2.05) is 31.2 Å². The number of carbonyl (C=O) groups excluding carboxylic acids is 1. The largest absolute Gasteiger partial charge is 0.497 e. The predicted molar refractivity (Wildman–Crippen MR) is 117 cm³/mol. The lowest BCUT2D eigenvalue weighted by atomic mass is 10.1. The molecule has 0 unspecified atom stereocenters. The van der Waals surface area contributed by atoms with E-state index in [0.29, 0.717) is 22.7 Å². The van der Waals surface area contributed by atoms with Crippen LogP contribution in [0.15, 0.2) is 72.3 Å². The molecule has 0 radical (unpaired) electrons. The number of hydrogen-bond donors (Lipinski definition) is 1. The molecule has 1 N–H and O–H groups in total. The topological polar surface area (TPSA) is 71.3 Å². The van der Waals surface area contributed by atoms with Crippen molar-refractivity contribution in [2.45, 2.75) is 13.5 Å². The summed E-state index contributed by atoms with van der Waals surface area (Å²) in [7, 11) is 1.53. The fourth-order valence-electron chi connectivity index (χ4n) is 2.85. The number of nitriles is 1. The number of benzene rings is 3. The Labute approximate surface area is 180 Å². The van der Waals surface area contributed by atoms with Crippen molar-refractivity contribution in [1.82, 2.24) is 0 Å². The second-order valence-electron chi connectivity index (χ2n) is 6.81. The maximum atomic E-state index is 13.1. The van der Waals surface area contributed by atoms with E-state index >= 15 is 0 Å². The number of methoxy groups -OCH3 is 1. The summed E-state index contributed by atoms with van der Waals surface area (Å²) in [6.07, 6.45) is 1.46. The van der Waals surface area contributed by atoms with E-state index in [9.17, 15) is 14.4 Å². The molecule has 1 amide bonds. The molecule has 3 aromatic rings. The van der Waals surface area contributed by atoms with Gasteiger partial charge in [-0.3, -0.25) is 4.79 Å². The first kappa shape index (κ1) is 21.6. The third-order valence-corrected chi connectivity index (χ3v) is 4.47. The number of aryl methyl sites for hydroxylation is 1. The predicted octanol–water partition coefficient (Wildman–Crippen LogP) is 5.27. The van der Waals surface area contributed by atoms with E-state index in [4.69, 9.17) is 9.47 Å². The molecule has 0 aromatic heterocycles. The van der Waals surface area contributed by atoms with Gasteiger partial charge >= 0.3 is 0 Å². The minimum atomic E-state index is -0.520. The van der Waals surface area contributed by atoms with Crippen LogP contribution in [0.2, 0.25) is 0 Å². The average molecular weight is 416 g/mol. The highest BCUT2D eigenvalue weighted by molar-refractivity contribution is 6.09. The van der Waals surface area contributed by atoms with E-state index in [1.54, 1.807) is 36.4 Å². The van der Waals surface area contributed by atoms with Gasteiger partial charge in [-0.25, -0.2) is 4.39 Å². The molecule has 3 aromatic carbocycles. The van der Waals surface area contributed by atoms with Crippen LogP contribution in [0.5, 0.6) is 11.5 Å². The second kappa shape index (κ2) is 10.1. The molecular formula is C25H21FN2O3. The Morgan fingerprint density at radius 2 is 1.90 bits per heavy atom. The highest BCUT2D eigenvalue weighted by Gasteiger charge is 2.13. The van der Waals surface area contributed by atoms with Gasteiger partial charge in [0.05, 0.1) is 7.11 Å². The van der Waals surface area contributed by atoms with Gasteiger partial charge < -0.3 is 14.8 Å². The Balaban J connectivity index is 1.85. The Morgan fingerprint density at radius 3 is 2.58 bits per heavy atom. The SMILES string of the molecule is COc1ccc(/C=C(\C#N)C(=O)Nc2cccc(C)c2)c(OCc2ccc(F)cc2)c1. The summed E-state index contributed by atoms with van der Waals surface area (Å²) in [5.41, 5.74) is 2.84. The number of rotatable bonds is 7. The highest BCUT2D eigenvalue weighted by Crippen LogP contribution is 2.28. The Hall–Kier alpha value is -4.11. The van der Waals surface area contributed by atoms with Crippen LogP contribution in [0.25, 0.3) is 6.08 Å². The van der Waals surface area contributed by atoms with Crippen molar-refractivity contribution in [3.8, 4) is 17.6 Å². The number of amides is 1. The van der Waals surface area contributed by atoms with Crippen molar-refractivity contribution in [2.24, 2.45) is 0 Å². The molecule has 0 bridgehead atoms. The molecule has 0 spiro atoms. The molecule has 0 heterocycles. The van der Waals surface area contributed by atoms with Gasteiger partial charge in [0.2, 0.25) is 0 Å². The van der Waals surface area contributed by atoms with Crippen LogP contribution >= 0.6 is 0 Å². The molecule has 31 heavy (non-hydrogen) atoms. The molecule has 0 atom stereocenters. The van der Waals surface area contributed by atoms with Crippen molar-refractivity contribution in [2.75, 3.05) is 12.4 Å². The maximum Gasteiger partial charge on any atom is 0.266 e. The van der Waals surface area contributed by atoms with E-state index in [1.165, 1.54) is 25.3 Å². The molecular weight excluding hydrogens is 395 g/mol. The number of nitrogens with zero attached hydrogens (tertiary/aromatic N) is 1. The Bertz CT molecular complexity index is 1150. The molecule has 5 nitrogen and oxygen atoms in total. The fraction of sp³-hybridized carbons (Fsp3) is 0.120. The van der Waals surface area contributed by atoms with Crippen LogP contribution in [0.3, 0.4) is 0 Å². The first-order chi connectivity index (χ1) is 15.0. The zero-order valence-corrected chi connectivity index (χ0v) is 17.2. The summed E-state index contributed by atoms with van der Waals surface area (Å²) in [4.78, 5) is 12.6. The molecule has 3 rings (SSSR count). The smallest absolute Gasteiger partial charge is 0.266 e. The first-order valence-electron chi connectivity index (χ1n) is 9.53. The van der Waals surface area contributed by atoms with Gasteiger partial charge in [-0.2, -0.15) is 5.26 Å². The van der Waals surface area contributed by atoms with Gasteiger partial charge in [0.1, 0.15) is 35.6 Å². The molecule has 0 aliphatic carbocycles. The van der Waals surface area contributed by atoms with Crippen LogP contribution in [0.1, 0.15) is 16.7 Å². The van der Waals surface area contributed by atoms with Gasteiger partial charge in [0.25, 0.3) is 5.91 Å². The minimum absolute atomic E-state index is 0.0710. The van der Waals surface area contributed by atoms with E-state index < -0.39 is 5.91 Å². The van der Waals surface area contributed by atoms with Crippen LogP contribution in [0.4, 0.5) is 10.1 Å². The summed E-state index contributed by atoms with van der Waals surface area (Å²) >= 11 is 0. The quantitative estimate of drug-likeness (QED) is 0.421. The fourth-order valence-corrected chi connectivity index (χ4v) is 2.85. The van der Waals surface area contributed by atoms with E-state index in [-0.39, 0.29) is 18.0 Å². The summed E-state index contributed by atoms with van der Waals surface area (Å²) in [6, 6.07) is 20.3. The number of carbonyl (C=O) groups is 1. The van der Waals surface area contributed by atoms with Crippen molar-refractivity contribution in [3.63, 3.8) is 0 Å². The highest BCUT2D eigenvalue weighted by atomic mass is 19.1. The van der Waals surface area contributed by atoms with Crippen molar-refractivity contribution < 1.29 is 18.7 Å². The summed E-state index contributed by atoms with van der Waals surface area (Å²) in [6.45, 7) is 2.10. The molecule has 0 fully saturated rings. The Morgan fingerprint density at radius 1 is 1.13 bits per heavy atom. The minimum Gasteiger partial charge on any atom is -0.497 e. The lowest BCUT2D eigenvalue weighted by Gasteiger charge is -2.12. The van der Waals surface area contributed by atoms with Crippen LogP contribution < -0.4 is 14.8 Å². The number of nitrogens with one attached hydrogen (secondary N) is 1. The molecule has 0 saturated heterocycles.